The van der Waals surface area contributed by atoms with E-state index >= 15 is 0 Å². The van der Waals surface area contributed by atoms with Crippen LogP contribution in [0.5, 0.6) is 0 Å². The molecule has 2 saturated carbocycles. The van der Waals surface area contributed by atoms with E-state index in [4.69, 9.17) is 4.74 Å². The van der Waals surface area contributed by atoms with Gasteiger partial charge in [-0.1, -0.05) is 32.0 Å². The van der Waals surface area contributed by atoms with Crippen molar-refractivity contribution in [1.29, 1.82) is 0 Å². The summed E-state index contributed by atoms with van der Waals surface area (Å²) >= 11 is 0. The molecule has 6 unspecified atom stereocenters. The van der Waals surface area contributed by atoms with E-state index in [1.807, 2.05) is 0 Å². The maximum absolute atomic E-state index is 13.0. The van der Waals surface area contributed by atoms with Gasteiger partial charge in [-0.15, -0.1) is 0 Å². The molecule has 5 heteroatoms. The molecule has 3 aliphatic carbocycles. The van der Waals surface area contributed by atoms with E-state index in [1.54, 1.807) is 19.9 Å². The van der Waals surface area contributed by atoms with Crippen molar-refractivity contribution in [3.8, 4) is 0 Å². The molecule has 1 aromatic heterocycles. The molecule has 170 valence electrons. The molecule has 0 spiro atoms. The highest BCUT2D eigenvalue weighted by molar-refractivity contribution is 5.96. The van der Waals surface area contributed by atoms with Crippen LogP contribution in [0.25, 0.3) is 10.9 Å². The number of para-hydroxylation sites is 1. The zero-order valence-electron chi connectivity index (χ0n) is 19.4. The molecule has 2 fully saturated rings. The summed E-state index contributed by atoms with van der Waals surface area (Å²) in [5.41, 5.74) is 3.19. The van der Waals surface area contributed by atoms with Crippen molar-refractivity contribution in [3.05, 3.63) is 47.2 Å². The van der Waals surface area contributed by atoms with Gasteiger partial charge in [0, 0.05) is 28.4 Å². The Kier molecular flexibility index (Phi) is 3.96. The highest BCUT2D eigenvalue weighted by Crippen LogP contribution is 2.68. The minimum Gasteiger partial charge on any atom is -0.387 e. The first-order valence-corrected chi connectivity index (χ1v) is 12.0. The van der Waals surface area contributed by atoms with Crippen LogP contribution < -0.4 is 0 Å². The molecule has 0 saturated heterocycles. The van der Waals surface area contributed by atoms with Gasteiger partial charge in [-0.2, -0.15) is 0 Å². The molecular weight excluding hydrogens is 402 g/mol. The molecule has 2 aromatic rings. The number of fused-ring (bicyclic) bond motifs is 9. The molecule has 6 rings (SSSR count). The lowest BCUT2D eigenvalue weighted by Gasteiger charge is -2.62. The van der Waals surface area contributed by atoms with E-state index in [1.165, 1.54) is 22.2 Å². The number of ketones is 1. The first-order valence-electron chi connectivity index (χ1n) is 12.0. The van der Waals surface area contributed by atoms with Crippen LogP contribution in [0.1, 0.15) is 64.6 Å². The first-order chi connectivity index (χ1) is 15.0. The fourth-order valence-corrected chi connectivity index (χ4v) is 7.79. The molecular formula is C27H33NO4. The summed E-state index contributed by atoms with van der Waals surface area (Å²) in [5.74, 6) is -1.11. The minimum absolute atomic E-state index is 0.0616. The number of hydrogen-bond donors (Lipinski definition) is 3. The number of carbonyl (C=O) groups excluding carboxylic acids is 1. The van der Waals surface area contributed by atoms with Crippen LogP contribution in [0.15, 0.2) is 35.9 Å². The Morgan fingerprint density at radius 2 is 1.91 bits per heavy atom. The fraction of sp³-hybridized carbons (Fsp3) is 0.593. The van der Waals surface area contributed by atoms with Crippen LogP contribution in [0.2, 0.25) is 0 Å². The van der Waals surface area contributed by atoms with Gasteiger partial charge in [0.2, 0.25) is 0 Å². The van der Waals surface area contributed by atoms with Gasteiger partial charge >= 0.3 is 0 Å². The molecule has 1 aliphatic heterocycles. The van der Waals surface area contributed by atoms with Gasteiger partial charge in [-0.25, -0.2) is 0 Å². The van der Waals surface area contributed by atoms with Crippen LogP contribution in [0.3, 0.4) is 0 Å². The summed E-state index contributed by atoms with van der Waals surface area (Å²) < 4.78 is 5.99. The van der Waals surface area contributed by atoms with Crippen molar-refractivity contribution in [1.82, 2.24) is 4.98 Å². The molecule has 6 atom stereocenters. The van der Waals surface area contributed by atoms with Crippen LogP contribution in [0.4, 0.5) is 0 Å². The standard InChI is InChI=1S/C27H33NO4/c1-24(2,30)23-21(29)14-19-18-10-9-15-13-17-16-7-5-6-8-20(16)28-22(17)26(15,4)25(18,3)11-12-27(19,31)32-23/h5-8,14-15,18,23,28,30-31H,9-13H2,1-4H3. The third-order valence-corrected chi connectivity index (χ3v) is 9.68. The highest BCUT2D eigenvalue weighted by Gasteiger charge is 2.66. The summed E-state index contributed by atoms with van der Waals surface area (Å²) in [7, 11) is 0. The molecule has 2 heterocycles. The van der Waals surface area contributed by atoms with Crippen LogP contribution >= 0.6 is 0 Å². The lowest BCUT2D eigenvalue weighted by Crippen LogP contribution is -2.63. The van der Waals surface area contributed by atoms with Gasteiger partial charge in [0.05, 0.1) is 5.60 Å². The second-order valence-corrected chi connectivity index (χ2v) is 11.6. The molecule has 0 radical (unpaired) electrons. The number of aliphatic hydroxyl groups is 2. The van der Waals surface area contributed by atoms with E-state index in [0.29, 0.717) is 12.3 Å². The Hall–Kier alpha value is -1.95. The molecule has 4 aliphatic rings. The topological polar surface area (TPSA) is 82.5 Å². The van der Waals surface area contributed by atoms with Gasteiger partial charge in [0.1, 0.15) is 0 Å². The van der Waals surface area contributed by atoms with E-state index in [9.17, 15) is 15.0 Å². The Labute approximate surface area is 188 Å². The Morgan fingerprint density at radius 3 is 2.66 bits per heavy atom. The molecule has 0 amide bonds. The zero-order valence-corrected chi connectivity index (χ0v) is 19.4. The van der Waals surface area contributed by atoms with E-state index in [2.05, 4.69) is 43.1 Å². The second-order valence-electron chi connectivity index (χ2n) is 11.6. The Morgan fingerprint density at radius 1 is 1.16 bits per heavy atom. The lowest BCUT2D eigenvalue weighted by molar-refractivity contribution is -0.262. The number of hydrogen-bond acceptors (Lipinski definition) is 4. The van der Waals surface area contributed by atoms with Crippen LogP contribution in [-0.4, -0.2) is 38.5 Å². The summed E-state index contributed by atoms with van der Waals surface area (Å²) in [4.78, 5) is 16.7. The number of aromatic nitrogens is 1. The molecule has 1 aromatic carbocycles. The SMILES string of the molecule is CC(C)(O)C1OC2(O)CCC3(C)C(CCC4Cc5c([nH]c6ccccc56)C43C)C2=CC1=O. The zero-order chi connectivity index (χ0) is 22.7. The number of rotatable bonds is 1. The summed E-state index contributed by atoms with van der Waals surface area (Å²) in [6, 6.07) is 8.56. The van der Waals surface area contributed by atoms with Crippen LogP contribution in [0, 0.1) is 17.3 Å². The van der Waals surface area contributed by atoms with Gasteiger partial charge in [0.15, 0.2) is 17.7 Å². The van der Waals surface area contributed by atoms with Gasteiger partial charge in [0.25, 0.3) is 0 Å². The molecule has 0 bridgehead atoms. The van der Waals surface area contributed by atoms with E-state index < -0.39 is 17.5 Å². The summed E-state index contributed by atoms with van der Waals surface area (Å²) in [6.45, 7) is 7.89. The molecule has 3 N–H and O–H groups in total. The molecule has 32 heavy (non-hydrogen) atoms. The summed E-state index contributed by atoms with van der Waals surface area (Å²) in [5, 5.41) is 23.3. The highest BCUT2D eigenvalue weighted by atomic mass is 16.6. The van der Waals surface area contributed by atoms with Crippen molar-refractivity contribution in [2.24, 2.45) is 17.3 Å². The van der Waals surface area contributed by atoms with Crippen molar-refractivity contribution in [2.45, 2.75) is 82.7 Å². The smallest absolute Gasteiger partial charge is 0.189 e. The number of nitrogens with one attached hydrogen (secondary N) is 1. The van der Waals surface area contributed by atoms with Crippen molar-refractivity contribution in [3.63, 3.8) is 0 Å². The monoisotopic (exact) mass is 435 g/mol. The minimum atomic E-state index is -1.48. The van der Waals surface area contributed by atoms with Crippen molar-refractivity contribution in [2.75, 3.05) is 0 Å². The van der Waals surface area contributed by atoms with Crippen molar-refractivity contribution < 1.29 is 19.7 Å². The van der Waals surface area contributed by atoms with Gasteiger partial charge in [-0.3, -0.25) is 4.79 Å². The number of carbonyl (C=O) groups is 1. The third-order valence-electron chi connectivity index (χ3n) is 9.68. The second kappa shape index (κ2) is 6.13. The van der Waals surface area contributed by atoms with Gasteiger partial charge in [-0.05, 0) is 80.1 Å². The van der Waals surface area contributed by atoms with Gasteiger partial charge < -0.3 is 19.9 Å². The first kappa shape index (κ1) is 20.6. The quantitative estimate of drug-likeness (QED) is 0.628. The normalized spacial score (nSPS) is 41.0. The maximum atomic E-state index is 13.0. The van der Waals surface area contributed by atoms with Crippen LogP contribution in [-0.2, 0) is 21.4 Å². The Balaban J connectivity index is 1.48. The number of H-pyrrole nitrogens is 1. The fourth-order valence-electron chi connectivity index (χ4n) is 7.79. The maximum Gasteiger partial charge on any atom is 0.189 e. The predicted molar refractivity (Wildman–Crippen MR) is 122 cm³/mol. The number of aromatic amines is 1. The summed E-state index contributed by atoms with van der Waals surface area (Å²) in [6.07, 6.45) is 4.89. The average Bonchev–Trinajstić information content (AvgIpc) is 3.23. The van der Waals surface area contributed by atoms with E-state index in [0.717, 1.165) is 31.3 Å². The third kappa shape index (κ3) is 2.37. The Bertz CT molecular complexity index is 1170. The predicted octanol–water partition coefficient (Wildman–Crippen LogP) is 4.16. The van der Waals surface area contributed by atoms with Crippen molar-refractivity contribution >= 4 is 16.7 Å². The van der Waals surface area contributed by atoms with E-state index in [-0.39, 0.29) is 22.5 Å². The lowest BCUT2D eigenvalue weighted by atomic mass is 9.44. The average molecular weight is 436 g/mol. The number of benzene rings is 1. The molecule has 5 nitrogen and oxygen atoms in total. The number of ether oxygens (including phenoxy) is 1. The largest absolute Gasteiger partial charge is 0.387 e.